The highest BCUT2D eigenvalue weighted by Crippen LogP contribution is 2.48. The van der Waals surface area contributed by atoms with Crippen LogP contribution in [0.4, 0.5) is 18.9 Å². The number of hydrogen-bond donors (Lipinski definition) is 0. The van der Waals surface area contributed by atoms with Gasteiger partial charge in [0.25, 0.3) is 0 Å². The van der Waals surface area contributed by atoms with Gasteiger partial charge in [0, 0.05) is 11.6 Å². The van der Waals surface area contributed by atoms with Crippen molar-refractivity contribution in [1.29, 1.82) is 0 Å². The molecule has 2 amide bonds. The number of Topliss-reactive ketones (excluding diaryl/α,β-unsaturated/α-hetero) is 1. The van der Waals surface area contributed by atoms with Gasteiger partial charge in [-0.25, -0.2) is 4.90 Å². The molecule has 3 saturated heterocycles. The highest BCUT2D eigenvalue weighted by molar-refractivity contribution is 6.24. The number of halogens is 3. The molecule has 4 atom stereocenters. The Hall–Kier alpha value is -3.00. The van der Waals surface area contributed by atoms with E-state index in [1.807, 2.05) is 24.0 Å². The zero-order valence-corrected chi connectivity index (χ0v) is 17.3. The molecule has 2 aromatic carbocycles. The van der Waals surface area contributed by atoms with Crippen LogP contribution in [0.25, 0.3) is 0 Å². The number of alkyl halides is 3. The minimum atomic E-state index is -4.59. The lowest BCUT2D eigenvalue weighted by Crippen LogP contribution is -2.46. The van der Waals surface area contributed by atoms with Gasteiger partial charge in [0.2, 0.25) is 11.8 Å². The number of nitrogens with zero attached hydrogens (tertiary/aromatic N) is 2. The zero-order chi connectivity index (χ0) is 22.8. The third-order valence-corrected chi connectivity index (χ3v) is 6.89. The van der Waals surface area contributed by atoms with E-state index in [1.54, 1.807) is 12.1 Å². The van der Waals surface area contributed by atoms with Crippen molar-refractivity contribution in [2.75, 3.05) is 11.4 Å². The van der Waals surface area contributed by atoms with Crippen molar-refractivity contribution in [2.24, 2.45) is 11.8 Å². The van der Waals surface area contributed by atoms with E-state index in [0.29, 0.717) is 18.5 Å². The molecular weight excluding hydrogens is 421 g/mol. The van der Waals surface area contributed by atoms with E-state index in [-0.39, 0.29) is 17.5 Å². The molecule has 2 aromatic rings. The molecule has 3 fully saturated rings. The van der Waals surface area contributed by atoms with Crippen LogP contribution in [0.2, 0.25) is 0 Å². The van der Waals surface area contributed by atoms with Crippen molar-refractivity contribution in [1.82, 2.24) is 4.90 Å². The van der Waals surface area contributed by atoms with E-state index in [2.05, 4.69) is 0 Å². The maximum Gasteiger partial charge on any atom is 0.416 e. The van der Waals surface area contributed by atoms with Crippen LogP contribution in [0.5, 0.6) is 0 Å². The number of ketones is 1. The van der Waals surface area contributed by atoms with Gasteiger partial charge >= 0.3 is 6.18 Å². The van der Waals surface area contributed by atoms with Gasteiger partial charge < -0.3 is 0 Å². The maximum atomic E-state index is 13.5. The van der Waals surface area contributed by atoms with E-state index in [4.69, 9.17) is 0 Å². The van der Waals surface area contributed by atoms with Crippen molar-refractivity contribution in [3.05, 3.63) is 65.2 Å². The minimum Gasteiger partial charge on any atom is -0.292 e. The first kappa shape index (κ1) is 20.9. The first-order chi connectivity index (χ1) is 15.2. The lowest BCUT2D eigenvalue weighted by atomic mass is 9.85. The van der Waals surface area contributed by atoms with Crippen LogP contribution in [0.3, 0.4) is 0 Å². The molecule has 166 valence electrons. The third kappa shape index (κ3) is 3.08. The van der Waals surface area contributed by atoms with E-state index in [0.717, 1.165) is 29.0 Å². The van der Waals surface area contributed by atoms with E-state index >= 15 is 0 Å². The van der Waals surface area contributed by atoms with Gasteiger partial charge in [0.1, 0.15) is 0 Å². The fourth-order valence-electron chi connectivity index (χ4n) is 5.48. The second-order valence-corrected chi connectivity index (χ2v) is 8.73. The van der Waals surface area contributed by atoms with Gasteiger partial charge in [-0.2, -0.15) is 13.2 Å². The maximum absolute atomic E-state index is 13.5. The largest absolute Gasteiger partial charge is 0.416 e. The first-order valence-corrected chi connectivity index (χ1v) is 10.6. The smallest absolute Gasteiger partial charge is 0.292 e. The Morgan fingerprint density at radius 3 is 2.38 bits per heavy atom. The Morgan fingerprint density at radius 1 is 1.00 bits per heavy atom. The third-order valence-electron chi connectivity index (χ3n) is 6.89. The number of amides is 2. The molecule has 0 radical (unpaired) electrons. The molecule has 0 bridgehead atoms. The van der Waals surface area contributed by atoms with Gasteiger partial charge in [-0.15, -0.1) is 0 Å². The molecule has 5 nitrogen and oxygen atoms in total. The number of benzene rings is 2. The lowest BCUT2D eigenvalue weighted by molar-refractivity contribution is -0.137. The Kier molecular flexibility index (Phi) is 4.74. The SMILES string of the molecule is Cc1ccc(C(=O)[C@@H]2[C@@H]3C(=O)N(c4cccc(C(F)(F)F)c4)C(=O)[C@H]3[C@@H]3CCCN23)cc1. The van der Waals surface area contributed by atoms with Gasteiger partial charge in [-0.05, 0) is 44.5 Å². The first-order valence-electron chi connectivity index (χ1n) is 10.6. The molecule has 0 unspecified atom stereocenters. The van der Waals surface area contributed by atoms with Crippen LogP contribution in [0.1, 0.15) is 34.3 Å². The zero-order valence-electron chi connectivity index (χ0n) is 17.3. The molecule has 0 aliphatic carbocycles. The van der Waals surface area contributed by atoms with Crippen LogP contribution in [0, 0.1) is 18.8 Å². The summed E-state index contributed by atoms with van der Waals surface area (Å²) in [5.41, 5.74) is 0.426. The van der Waals surface area contributed by atoms with Crippen molar-refractivity contribution < 1.29 is 27.6 Å². The molecule has 0 aromatic heterocycles. The highest BCUT2D eigenvalue weighted by atomic mass is 19.4. The summed E-state index contributed by atoms with van der Waals surface area (Å²) in [6, 6.07) is 10.2. The molecule has 3 aliphatic heterocycles. The van der Waals surface area contributed by atoms with Crippen LogP contribution in [0.15, 0.2) is 48.5 Å². The van der Waals surface area contributed by atoms with E-state index in [1.165, 1.54) is 12.1 Å². The fourth-order valence-corrected chi connectivity index (χ4v) is 5.48. The monoisotopic (exact) mass is 442 g/mol. The Balaban J connectivity index is 1.54. The number of fused-ring (bicyclic) bond motifs is 3. The van der Waals surface area contributed by atoms with Gasteiger partial charge in [-0.1, -0.05) is 35.9 Å². The number of rotatable bonds is 3. The van der Waals surface area contributed by atoms with Crippen LogP contribution < -0.4 is 4.90 Å². The molecular formula is C24H21F3N2O3. The molecule has 3 aliphatic rings. The number of anilines is 1. The average Bonchev–Trinajstić information content (AvgIpc) is 3.39. The van der Waals surface area contributed by atoms with Crippen molar-refractivity contribution >= 4 is 23.3 Å². The van der Waals surface area contributed by atoms with Gasteiger partial charge in [0.15, 0.2) is 5.78 Å². The molecule has 0 saturated carbocycles. The van der Waals surface area contributed by atoms with E-state index < -0.39 is 41.4 Å². The Bertz CT molecular complexity index is 1110. The molecule has 32 heavy (non-hydrogen) atoms. The molecule has 3 heterocycles. The highest BCUT2D eigenvalue weighted by Gasteiger charge is 2.64. The molecule has 8 heteroatoms. The molecule has 0 N–H and O–H groups in total. The second kappa shape index (κ2) is 7.27. The van der Waals surface area contributed by atoms with Gasteiger partial charge in [-0.3, -0.25) is 19.3 Å². The number of aryl methyl sites for hydroxylation is 1. The summed E-state index contributed by atoms with van der Waals surface area (Å²) in [6.07, 6.45) is -3.12. The van der Waals surface area contributed by atoms with Crippen LogP contribution in [-0.4, -0.2) is 41.1 Å². The normalized spacial score (nSPS) is 27.7. The Labute approximate surface area is 182 Å². The summed E-state index contributed by atoms with van der Waals surface area (Å²) in [5, 5.41) is 0. The summed E-state index contributed by atoms with van der Waals surface area (Å²) in [5.74, 6) is -2.96. The lowest BCUT2D eigenvalue weighted by Gasteiger charge is -2.27. The second-order valence-electron chi connectivity index (χ2n) is 8.73. The Morgan fingerprint density at radius 2 is 1.69 bits per heavy atom. The standard InChI is InChI=1S/C24H21F3N2O3/c1-13-7-9-14(10-8-13)21(30)20-19-18(17-6-3-11-28(17)20)22(31)29(23(19)32)16-5-2-4-15(12-16)24(25,26)27/h2,4-5,7-10,12,17-20H,3,6,11H2,1H3/t17-,18-,19+,20-/m0/s1. The summed E-state index contributed by atoms with van der Waals surface area (Å²) >= 11 is 0. The minimum absolute atomic E-state index is 0.102. The van der Waals surface area contributed by atoms with Crippen molar-refractivity contribution in [2.45, 2.75) is 38.0 Å². The number of carbonyl (C=O) groups excluding carboxylic acids is 3. The fraction of sp³-hybridized carbons (Fsp3) is 0.375. The summed E-state index contributed by atoms with van der Waals surface area (Å²) < 4.78 is 39.6. The van der Waals surface area contributed by atoms with Crippen molar-refractivity contribution in [3.63, 3.8) is 0 Å². The summed E-state index contributed by atoms with van der Waals surface area (Å²) in [6.45, 7) is 2.52. The molecule has 5 rings (SSSR count). The van der Waals surface area contributed by atoms with Gasteiger partial charge in [0.05, 0.1) is 29.1 Å². The topological polar surface area (TPSA) is 57.7 Å². The summed E-state index contributed by atoms with van der Waals surface area (Å²) in [7, 11) is 0. The predicted molar refractivity (Wildman–Crippen MR) is 110 cm³/mol. The molecule has 0 spiro atoms. The number of carbonyl (C=O) groups is 3. The summed E-state index contributed by atoms with van der Waals surface area (Å²) in [4.78, 5) is 43.0. The van der Waals surface area contributed by atoms with Crippen LogP contribution in [-0.2, 0) is 15.8 Å². The number of hydrogen-bond acceptors (Lipinski definition) is 4. The number of imide groups is 1. The van der Waals surface area contributed by atoms with Crippen LogP contribution >= 0.6 is 0 Å². The average molecular weight is 442 g/mol. The quantitative estimate of drug-likeness (QED) is 0.535. The van der Waals surface area contributed by atoms with Crippen molar-refractivity contribution in [3.8, 4) is 0 Å². The van der Waals surface area contributed by atoms with E-state index in [9.17, 15) is 27.6 Å². The predicted octanol–water partition coefficient (Wildman–Crippen LogP) is 3.85.